The molecule has 0 saturated carbocycles. The van der Waals surface area contributed by atoms with Crippen LogP contribution in [0.15, 0.2) is 84.4 Å². The van der Waals surface area contributed by atoms with E-state index in [0.29, 0.717) is 11.1 Å². The Morgan fingerprint density at radius 3 is 2.19 bits per heavy atom. The van der Waals surface area contributed by atoms with Gasteiger partial charge in [0.25, 0.3) is 0 Å². The van der Waals surface area contributed by atoms with Gasteiger partial charge in [-0.1, -0.05) is 66.7 Å². The number of carbonyl (C=O) groups excluding carboxylic acids is 3. The smallest absolute Gasteiger partial charge is 0.342 e. The lowest BCUT2D eigenvalue weighted by Crippen LogP contribution is -2.18. The van der Waals surface area contributed by atoms with Crippen LogP contribution in [0.1, 0.15) is 27.6 Å². The van der Waals surface area contributed by atoms with E-state index in [4.69, 9.17) is 4.74 Å². The molecule has 4 heteroatoms. The average Bonchev–Trinajstić information content (AvgIpc) is 2.71. The van der Waals surface area contributed by atoms with Crippen molar-refractivity contribution in [1.82, 2.24) is 0 Å². The lowest BCUT2D eigenvalue weighted by molar-refractivity contribution is -0.138. The maximum Gasteiger partial charge on any atom is 0.342 e. The molecule has 0 N–H and O–H groups in total. The molecular weight excluding hydrogens is 340 g/mol. The maximum atomic E-state index is 12.7. The van der Waals surface area contributed by atoms with Crippen LogP contribution in [-0.4, -0.2) is 24.1 Å². The minimum atomic E-state index is -0.805. The first-order valence-electron chi connectivity index (χ1n) is 8.62. The number of benzene rings is 3. The summed E-state index contributed by atoms with van der Waals surface area (Å²) in [5, 5.41) is 1.91. The fraction of sp³-hybridized carbons (Fsp3) is 0.0870. The summed E-state index contributed by atoms with van der Waals surface area (Å²) >= 11 is 0. The van der Waals surface area contributed by atoms with Gasteiger partial charge in [-0.15, -0.1) is 0 Å². The first-order valence-corrected chi connectivity index (χ1v) is 8.62. The van der Waals surface area contributed by atoms with Gasteiger partial charge in [0.1, 0.15) is 5.57 Å². The molecule has 0 aliphatic carbocycles. The van der Waals surface area contributed by atoms with Crippen LogP contribution in [0.5, 0.6) is 0 Å². The first-order chi connectivity index (χ1) is 13.1. The number of esters is 1. The summed E-state index contributed by atoms with van der Waals surface area (Å²) < 4.78 is 4.97. The van der Waals surface area contributed by atoms with Crippen LogP contribution in [0.2, 0.25) is 0 Å². The fourth-order valence-electron chi connectivity index (χ4n) is 2.73. The molecule has 3 aromatic rings. The second kappa shape index (κ2) is 8.23. The van der Waals surface area contributed by atoms with E-state index in [9.17, 15) is 14.4 Å². The van der Waals surface area contributed by atoms with Gasteiger partial charge in [0.2, 0.25) is 0 Å². The molecule has 0 heterocycles. The van der Waals surface area contributed by atoms with E-state index in [0.717, 1.165) is 16.8 Å². The minimum Gasteiger partial charge on any atom is -0.462 e. The average molecular weight is 358 g/mol. The highest BCUT2D eigenvalue weighted by Crippen LogP contribution is 2.18. The largest absolute Gasteiger partial charge is 0.462 e. The van der Waals surface area contributed by atoms with Crippen molar-refractivity contribution in [3.05, 3.63) is 95.6 Å². The number of hydrogen-bond acceptors (Lipinski definition) is 4. The van der Waals surface area contributed by atoms with Gasteiger partial charge < -0.3 is 4.74 Å². The van der Waals surface area contributed by atoms with Crippen molar-refractivity contribution in [2.75, 3.05) is 6.61 Å². The van der Waals surface area contributed by atoms with Crippen LogP contribution in [-0.2, 0) is 9.53 Å². The Labute approximate surface area is 157 Å². The van der Waals surface area contributed by atoms with Gasteiger partial charge in [-0.3, -0.25) is 9.59 Å². The molecule has 0 saturated heterocycles. The van der Waals surface area contributed by atoms with Gasteiger partial charge in [-0.2, -0.15) is 0 Å². The summed E-state index contributed by atoms with van der Waals surface area (Å²) in [7, 11) is 0. The van der Waals surface area contributed by atoms with Gasteiger partial charge in [-0.25, -0.2) is 4.79 Å². The molecule has 0 aliphatic heterocycles. The van der Waals surface area contributed by atoms with Gasteiger partial charge >= 0.3 is 5.97 Å². The Morgan fingerprint density at radius 2 is 1.48 bits per heavy atom. The van der Waals surface area contributed by atoms with Crippen molar-refractivity contribution in [3.63, 3.8) is 0 Å². The number of Topliss-reactive ketones (excluding diaryl/α,β-unsaturated/α-hetero) is 1. The van der Waals surface area contributed by atoms with Gasteiger partial charge in [0.05, 0.1) is 6.61 Å². The van der Waals surface area contributed by atoms with Crippen LogP contribution < -0.4 is 0 Å². The van der Waals surface area contributed by atoms with E-state index in [1.54, 1.807) is 49.4 Å². The molecule has 0 aliphatic rings. The Morgan fingerprint density at radius 1 is 0.815 bits per heavy atom. The quantitative estimate of drug-likeness (QED) is 0.215. The third kappa shape index (κ3) is 4.18. The molecule has 3 rings (SSSR count). The third-order valence-electron chi connectivity index (χ3n) is 4.09. The zero-order chi connectivity index (χ0) is 19.2. The van der Waals surface area contributed by atoms with Crippen molar-refractivity contribution >= 4 is 28.3 Å². The SMILES string of the molecule is CCOC(=O)C(=CC(=O)c1ccc2ccccc2c1)C(=O)c1ccccc1. The van der Waals surface area contributed by atoms with Gasteiger partial charge in [0.15, 0.2) is 11.6 Å². The fourth-order valence-corrected chi connectivity index (χ4v) is 2.73. The summed E-state index contributed by atoms with van der Waals surface area (Å²) in [5.74, 6) is -1.77. The van der Waals surface area contributed by atoms with Crippen molar-refractivity contribution in [2.45, 2.75) is 6.92 Å². The summed E-state index contributed by atoms with van der Waals surface area (Å²) in [6.07, 6.45) is 1.07. The van der Waals surface area contributed by atoms with Gasteiger partial charge in [0, 0.05) is 17.2 Å². The summed E-state index contributed by atoms with van der Waals surface area (Å²) in [4.78, 5) is 37.7. The molecule has 0 unspecified atom stereocenters. The number of hydrogen-bond donors (Lipinski definition) is 0. The molecule has 134 valence electrons. The number of ether oxygens (including phenoxy) is 1. The minimum absolute atomic E-state index is 0.114. The Balaban J connectivity index is 1.99. The van der Waals surface area contributed by atoms with Crippen molar-refractivity contribution in [1.29, 1.82) is 0 Å². The van der Waals surface area contributed by atoms with Crippen molar-refractivity contribution in [3.8, 4) is 0 Å². The van der Waals surface area contributed by atoms with Crippen LogP contribution in [0.4, 0.5) is 0 Å². The lowest BCUT2D eigenvalue weighted by atomic mass is 9.99. The number of ketones is 2. The summed E-state index contributed by atoms with van der Waals surface area (Å²) in [6.45, 7) is 1.76. The summed E-state index contributed by atoms with van der Waals surface area (Å²) in [5.41, 5.74) is 0.445. The maximum absolute atomic E-state index is 12.7. The molecule has 27 heavy (non-hydrogen) atoms. The normalized spacial score (nSPS) is 11.2. The molecule has 4 nitrogen and oxygen atoms in total. The topological polar surface area (TPSA) is 60.4 Å². The monoisotopic (exact) mass is 358 g/mol. The predicted molar refractivity (Wildman–Crippen MR) is 104 cm³/mol. The Kier molecular flexibility index (Phi) is 5.57. The zero-order valence-corrected chi connectivity index (χ0v) is 14.8. The zero-order valence-electron chi connectivity index (χ0n) is 14.8. The Bertz CT molecular complexity index is 1030. The molecule has 0 aromatic heterocycles. The highest BCUT2D eigenvalue weighted by molar-refractivity contribution is 6.27. The van der Waals surface area contributed by atoms with Gasteiger partial charge in [-0.05, 0) is 23.8 Å². The highest BCUT2D eigenvalue weighted by Gasteiger charge is 2.22. The molecule has 0 spiro atoms. The van der Waals surface area contributed by atoms with E-state index in [1.807, 2.05) is 30.3 Å². The first kappa shape index (κ1) is 18.3. The molecule has 0 fully saturated rings. The van der Waals surface area contributed by atoms with Crippen LogP contribution in [0.3, 0.4) is 0 Å². The van der Waals surface area contributed by atoms with Crippen LogP contribution in [0, 0.1) is 0 Å². The van der Waals surface area contributed by atoms with E-state index in [-0.39, 0.29) is 12.2 Å². The summed E-state index contributed by atoms with van der Waals surface area (Å²) in [6, 6.07) is 21.2. The molecule has 0 radical (unpaired) electrons. The number of fused-ring (bicyclic) bond motifs is 1. The predicted octanol–water partition coefficient (Wildman–Crippen LogP) is 4.39. The molecular formula is C23H18O4. The molecule has 0 atom stereocenters. The van der Waals surface area contributed by atoms with E-state index >= 15 is 0 Å². The van der Waals surface area contributed by atoms with Crippen molar-refractivity contribution < 1.29 is 19.1 Å². The Hall–Kier alpha value is -3.53. The second-order valence-corrected chi connectivity index (χ2v) is 5.90. The number of allylic oxidation sites excluding steroid dienone is 1. The molecule has 3 aromatic carbocycles. The highest BCUT2D eigenvalue weighted by atomic mass is 16.5. The van der Waals surface area contributed by atoms with E-state index < -0.39 is 17.5 Å². The number of carbonyl (C=O) groups is 3. The lowest BCUT2D eigenvalue weighted by Gasteiger charge is -2.07. The van der Waals surface area contributed by atoms with Crippen molar-refractivity contribution in [2.24, 2.45) is 0 Å². The van der Waals surface area contributed by atoms with Crippen LogP contribution in [0.25, 0.3) is 10.8 Å². The third-order valence-corrected chi connectivity index (χ3v) is 4.09. The second-order valence-electron chi connectivity index (χ2n) is 5.90. The van der Waals surface area contributed by atoms with E-state index in [1.165, 1.54) is 0 Å². The molecule has 0 amide bonds. The standard InChI is InChI=1S/C23H18O4/c1-2-27-23(26)20(22(25)17-9-4-3-5-10-17)15-21(24)19-13-12-16-8-6-7-11-18(16)14-19/h3-15H,2H2,1H3. The van der Waals surface area contributed by atoms with Crippen LogP contribution >= 0.6 is 0 Å². The number of rotatable bonds is 6. The molecule has 0 bridgehead atoms. The van der Waals surface area contributed by atoms with E-state index in [2.05, 4.69) is 0 Å².